The molecule has 12 heteroatoms. The summed E-state index contributed by atoms with van der Waals surface area (Å²) in [5.74, 6) is 4.16. The number of halogens is 1. The van der Waals surface area contributed by atoms with Crippen LogP contribution in [0.25, 0.3) is 11.0 Å². The average molecular weight is 544 g/mol. The monoisotopic (exact) mass is 543 g/mol. The fourth-order valence-corrected chi connectivity index (χ4v) is 4.53. The van der Waals surface area contributed by atoms with Gasteiger partial charge in [0.05, 0.1) is 29.7 Å². The number of fused-ring (bicyclic) bond motifs is 1. The fraction of sp³-hybridized carbons (Fsp3) is 0.222. The van der Waals surface area contributed by atoms with Crippen molar-refractivity contribution in [1.29, 1.82) is 0 Å². The number of H-pyrrole nitrogens is 1. The minimum atomic E-state index is 0.369. The molecule has 0 spiro atoms. The van der Waals surface area contributed by atoms with E-state index in [1.165, 1.54) is 0 Å². The highest BCUT2D eigenvalue weighted by atomic mass is 35.5. The summed E-state index contributed by atoms with van der Waals surface area (Å²) < 4.78 is 11.4. The molecule has 198 valence electrons. The number of nitrogens with one attached hydrogen (secondary N) is 2. The summed E-state index contributed by atoms with van der Waals surface area (Å²) in [5, 5.41) is 3.78. The van der Waals surface area contributed by atoms with E-state index >= 15 is 0 Å². The van der Waals surface area contributed by atoms with Gasteiger partial charge in [0.15, 0.2) is 0 Å². The maximum absolute atomic E-state index is 6.44. The minimum Gasteiger partial charge on any atom is -0.497 e. The number of anilines is 3. The van der Waals surface area contributed by atoms with Crippen LogP contribution in [0.5, 0.6) is 17.4 Å². The van der Waals surface area contributed by atoms with Crippen LogP contribution in [0.15, 0.2) is 67.0 Å². The Morgan fingerprint density at radius 2 is 1.67 bits per heavy atom. The standard InChI is InChI=1S/C27H26ClN9O2/c1-38-18-7-8-22(19(28)15-18)39-25-16-23(31-17-24-32-20-5-2-3-6-21(20)33-24)34-27(35-25)37-13-11-36(12-14-37)26-29-9-4-10-30-26/h2-10,15-16H,11-14,17H2,1H3,(H,32,33)(H,31,34,35). The van der Waals surface area contributed by atoms with Crippen LogP contribution >= 0.6 is 11.6 Å². The number of rotatable bonds is 8. The number of nitrogens with zero attached hydrogens (tertiary/aromatic N) is 7. The Labute approximate surface area is 229 Å². The van der Waals surface area contributed by atoms with Crippen LogP contribution in [0.1, 0.15) is 5.82 Å². The van der Waals surface area contributed by atoms with Crippen molar-refractivity contribution >= 4 is 40.3 Å². The largest absolute Gasteiger partial charge is 0.497 e. The Kier molecular flexibility index (Phi) is 6.96. The molecule has 0 unspecified atom stereocenters. The van der Waals surface area contributed by atoms with E-state index in [9.17, 15) is 0 Å². The van der Waals surface area contributed by atoms with Crippen LogP contribution in [0.3, 0.4) is 0 Å². The minimum absolute atomic E-state index is 0.369. The predicted molar refractivity (Wildman–Crippen MR) is 150 cm³/mol. The van der Waals surface area contributed by atoms with Gasteiger partial charge in [0, 0.05) is 50.7 Å². The molecule has 6 rings (SSSR count). The molecule has 1 aliphatic heterocycles. The van der Waals surface area contributed by atoms with Gasteiger partial charge in [0.2, 0.25) is 17.8 Å². The van der Waals surface area contributed by atoms with Gasteiger partial charge in [-0.2, -0.15) is 9.97 Å². The Hall–Kier alpha value is -4.64. The molecule has 0 aliphatic carbocycles. The molecule has 1 saturated heterocycles. The molecule has 3 aromatic heterocycles. The Morgan fingerprint density at radius 1 is 0.897 bits per heavy atom. The number of piperazine rings is 1. The van der Waals surface area contributed by atoms with Crippen LogP contribution in [0, 0.1) is 0 Å². The van der Waals surface area contributed by atoms with Gasteiger partial charge in [-0.05, 0) is 30.3 Å². The summed E-state index contributed by atoms with van der Waals surface area (Å²) in [4.78, 5) is 30.5. The number of hydrogen-bond donors (Lipinski definition) is 2. The number of imidazole rings is 1. The molecule has 2 aromatic carbocycles. The quantitative estimate of drug-likeness (QED) is 0.289. The van der Waals surface area contributed by atoms with Crippen molar-refractivity contribution in [3.63, 3.8) is 0 Å². The Bertz CT molecular complexity index is 1540. The van der Waals surface area contributed by atoms with Gasteiger partial charge in [-0.15, -0.1) is 0 Å². The molecule has 0 saturated carbocycles. The second kappa shape index (κ2) is 11.0. The van der Waals surface area contributed by atoms with E-state index in [4.69, 9.17) is 31.0 Å². The van der Waals surface area contributed by atoms with Crippen molar-refractivity contribution in [3.05, 3.63) is 77.8 Å². The number of para-hydroxylation sites is 2. The van der Waals surface area contributed by atoms with E-state index in [0.29, 0.717) is 53.8 Å². The highest BCUT2D eigenvalue weighted by Crippen LogP contribution is 2.33. The summed E-state index contributed by atoms with van der Waals surface area (Å²) in [6.07, 6.45) is 3.51. The van der Waals surface area contributed by atoms with Crippen LogP contribution in [0.4, 0.5) is 17.7 Å². The van der Waals surface area contributed by atoms with E-state index in [-0.39, 0.29) is 0 Å². The first-order chi connectivity index (χ1) is 19.1. The molecule has 1 fully saturated rings. The molecule has 1 aliphatic rings. The summed E-state index contributed by atoms with van der Waals surface area (Å²) in [6.45, 7) is 3.34. The van der Waals surface area contributed by atoms with Crippen molar-refractivity contribution < 1.29 is 9.47 Å². The molecular formula is C27H26ClN9O2. The molecule has 2 N–H and O–H groups in total. The third kappa shape index (κ3) is 5.63. The van der Waals surface area contributed by atoms with Crippen molar-refractivity contribution in [2.24, 2.45) is 0 Å². The van der Waals surface area contributed by atoms with Gasteiger partial charge in [-0.25, -0.2) is 15.0 Å². The molecule has 0 amide bonds. The van der Waals surface area contributed by atoms with Crippen molar-refractivity contribution in [2.45, 2.75) is 6.54 Å². The lowest BCUT2D eigenvalue weighted by Gasteiger charge is -2.34. The lowest BCUT2D eigenvalue weighted by atomic mass is 10.3. The second-order valence-corrected chi connectivity index (χ2v) is 9.27. The smallest absolute Gasteiger partial charge is 0.230 e. The maximum atomic E-state index is 6.44. The zero-order chi connectivity index (χ0) is 26.6. The molecule has 0 radical (unpaired) electrons. The van der Waals surface area contributed by atoms with E-state index < -0.39 is 0 Å². The van der Waals surface area contributed by atoms with Crippen LogP contribution in [0.2, 0.25) is 5.02 Å². The number of benzene rings is 2. The summed E-state index contributed by atoms with van der Waals surface area (Å²) >= 11 is 6.44. The summed E-state index contributed by atoms with van der Waals surface area (Å²) in [5.41, 5.74) is 1.90. The zero-order valence-corrected chi connectivity index (χ0v) is 22.0. The molecule has 39 heavy (non-hydrogen) atoms. The van der Waals surface area contributed by atoms with Crippen molar-refractivity contribution in [2.75, 3.05) is 48.4 Å². The van der Waals surface area contributed by atoms with Gasteiger partial charge < -0.3 is 29.6 Å². The number of methoxy groups -OCH3 is 1. The van der Waals surface area contributed by atoms with E-state index in [2.05, 4.69) is 35.1 Å². The highest BCUT2D eigenvalue weighted by molar-refractivity contribution is 6.32. The van der Waals surface area contributed by atoms with E-state index in [0.717, 1.165) is 35.9 Å². The third-order valence-corrected chi connectivity index (χ3v) is 6.61. The SMILES string of the molecule is COc1ccc(Oc2cc(NCc3nc4ccccc4[nH]3)nc(N3CCN(c4ncccn4)CC3)n2)c(Cl)c1. The normalized spacial score (nSPS) is 13.5. The average Bonchev–Trinajstić information content (AvgIpc) is 3.41. The Morgan fingerprint density at radius 3 is 2.41 bits per heavy atom. The number of hydrogen-bond acceptors (Lipinski definition) is 10. The molecule has 0 atom stereocenters. The first-order valence-corrected chi connectivity index (χ1v) is 12.9. The Balaban J connectivity index is 1.24. The highest BCUT2D eigenvalue weighted by Gasteiger charge is 2.22. The van der Waals surface area contributed by atoms with Gasteiger partial charge in [-0.3, -0.25) is 0 Å². The van der Waals surface area contributed by atoms with E-state index in [1.54, 1.807) is 43.8 Å². The van der Waals surface area contributed by atoms with Crippen LogP contribution in [-0.4, -0.2) is 63.2 Å². The summed E-state index contributed by atoms with van der Waals surface area (Å²) in [7, 11) is 1.59. The summed E-state index contributed by atoms with van der Waals surface area (Å²) in [6, 6.07) is 16.7. The lowest BCUT2D eigenvalue weighted by Crippen LogP contribution is -2.47. The lowest BCUT2D eigenvalue weighted by molar-refractivity contribution is 0.412. The molecule has 11 nitrogen and oxygen atoms in total. The third-order valence-electron chi connectivity index (χ3n) is 6.32. The number of aromatic amines is 1. The van der Waals surface area contributed by atoms with Gasteiger partial charge in [0.1, 0.15) is 23.1 Å². The van der Waals surface area contributed by atoms with Crippen molar-refractivity contribution in [3.8, 4) is 17.4 Å². The van der Waals surface area contributed by atoms with Crippen LogP contribution < -0.4 is 24.6 Å². The molecule has 5 aromatic rings. The fourth-order valence-electron chi connectivity index (χ4n) is 4.33. The number of aromatic nitrogens is 6. The second-order valence-electron chi connectivity index (χ2n) is 8.87. The first kappa shape index (κ1) is 24.7. The first-order valence-electron chi connectivity index (χ1n) is 12.5. The topological polar surface area (TPSA) is 117 Å². The van der Waals surface area contributed by atoms with Gasteiger partial charge in [0.25, 0.3) is 0 Å². The molecular weight excluding hydrogens is 518 g/mol. The predicted octanol–water partition coefficient (Wildman–Crippen LogP) is 4.54. The van der Waals surface area contributed by atoms with Crippen molar-refractivity contribution in [1.82, 2.24) is 29.9 Å². The molecule has 4 heterocycles. The zero-order valence-electron chi connectivity index (χ0n) is 21.2. The molecule has 0 bridgehead atoms. The van der Waals surface area contributed by atoms with Gasteiger partial charge >= 0.3 is 0 Å². The maximum Gasteiger partial charge on any atom is 0.230 e. The number of ether oxygens (including phenoxy) is 2. The van der Waals surface area contributed by atoms with Gasteiger partial charge in [-0.1, -0.05) is 23.7 Å². The van der Waals surface area contributed by atoms with E-state index in [1.807, 2.05) is 30.3 Å². The van der Waals surface area contributed by atoms with Crippen LogP contribution in [-0.2, 0) is 6.54 Å².